The van der Waals surface area contributed by atoms with Gasteiger partial charge in [0.1, 0.15) is 11.5 Å². The number of nitrogens with one attached hydrogen (secondary N) is 1. The van der Waals surface area contributed by atoms with Crippen LogP contribution in [0.1, 0.15) is 6.42 Å². The average Bonchev–Trinajstić information content (AvgIpc) is 3.11. The highest BCUT2D eigenvalue weighted by molar-refractivity contribution is 7.89. The highest BCUT2D eigenvalue weighted by Crippen LogP contribution is 2.30. The summed E-state index contributed by atoms with van der Waals surface area (Å²) in [5.41, 5.74) is 0. The molecule has 0 amide bonds. The number of benzene rings is 2. The van der Waals surface area contributed by atoms with Crippen molar-refractivity contribution in [2.45, 2.75) is 17.4 Å². The van der Waals surface area contributed by atoms with Crippen LogP contribution in [0, 0.1) is 0 Å². The van der Waals surface area contributed by atoms with Crippen molar-refractivity contribution in [3.63, 3.8) is 0 Å². The van der Waals surface area contributed by atoms with Crippen LogP contribution in [0.15, 0.2) is 53.4 Å². The first-order chi connectivity index (χ1) is 11.5. The molecular formula is C17H19ClN2O3S. The van der Waals surface area contributed by atoms with Gasteiger partial charge in [-0.25, -0.2) is 8.42 Å². The van der Waals surface area contributed by atoms with Crippen molar-refractivity contribution in [1.29, 1.82) is 0 Å². The zero-order valence-corrected chi connectivity index (χ0v) is 14.8. The van der Waals surface area contributed by atoms with E-state index in [-0.39, 0.29) is 10.9 Å². The molecule has 1 saturated heterocycles. The fourth-order valence-corrected chi connectivity index (χ4v) is 4.21. The molecule has 5 nitrogen and oxygen atoms in total. The van der Waals surface area contributed by atoms with Crippen molar-refractivity contribution in [1.82, 2.24) is 9.62 Å². The third-order valence-corrected chi connectivity index (χ3v) is 6.35. The zero-order valence-electron chi connectivity index (χ0n) is 13.3. The second kappa shape index (κ2) is 7.11. The number of likely N-dealkylation sites (N-methyl/N-ethyl adjacent to an activating group) is 1. The van der Waals surface area contributed by atoms with Crippen molar-refractivity contribution in [2.24, 2.45) is 0 Å². The minimum absolute atomic E-state index is 0.00551. The van der Waals surface area contributed by atoms with Crippen LogP contribution in [0.2, 0.25) is 5.02 Å². The third-order valence-electron chi connectivity index (χ3n) is 4.11. The van der Waals surface area contributed by atoms with Crippen molar-refractivity contribution in [3.8, 4) is 11.5 Å². The molecule has 0 aromatic heterocycles. The Hall–Kier alpha value is -1.60. The summed E-state index contributed by atoms with van der Waals surface area (Å²) < 4.78 is 32.5. The number of hydrogen-bond acceptors (Lipinski definition) is 4. The highest BCUT2D eigenvalue weighted by atomic mass is 35.5. The molecule has 0 spiro atoms. The maximum Gasteiger partial charge on any atom is 0.243 e. The lowest BCUT2D eigenvalue weighted by Gasteiger charge is -2.23. The molecule has 24 heavy (non-hydrogen) atoms. The number of hydrogen-bond donors (Lipinski definition) is 1. The monoisotopic (exact) mass is 366 g/mol. The Morgan fingerprint density at radius 2 is 1.88 bits per heavy atom. The molecule has 0 aliphatic carbocycles. The van der Waals surface area contributed by atoms with Crippen LogP contribution in [0.4, 0.5) is 0 Å². The summed E-state index contributed by atoms with van der Waals surface area (Å²) in [5, 5.41) is 3.68. The fourth-order valence-electron chi connectivity index (χ4n) is 2.65. The molecule has 2 aromatic carbocycles. The van der Waals surface area contributed by atoms with E-state index in [9.17, 15) is 8.42 Å². The van der Waals surface area contributed by atoms with Gasteiger partial charge in [-0.2, -0.15) is 4.31 Å². The van der Waals surface area contributed by atoms with Crippen LogP contribution in [0.5, 0.6) is 11.5 Å². The van der Waals surface area contributed by atoms with Gasteiger partial charge < -0.3 is 10.1 Å². The van der Waals surface area contributed by atoms with E-state index in [2.05, 4.69) is 5.32 Å². The van der Waals surface area contributed by atoms with Gasteiger partial charge in [0.25, 0.3) is 0 Å². The van der Waals surface area contributed by atoms with E-state index in [0.29, 0.717) is 23.1 Å². The van der Waals surface area contributed by atoms with Crippen LogP contribution in [0.25, 0.3) is 0 Å². The van der Waals surface area contributed by atoms with Crippen LogP contribution in [0.3, 0.4) is 0 Å². The maximum atomic E-state index is 12.7. The minimum atomic E-state index is -3.51. The molecule has 0 bridgehead atoms. The van der Waals surface area contributed by atoms with Crippen molar-refractivity contribution in [3.05, 3.63) is 53.6 Å². The van der Waals surface area contributed by atoms with Crippen LogP contribution in [-0.4, -0.2) is 38.9 Å². The molecule has 7 heteroatoms. The molecule has 1 N–H and O–H groups in total. The lowest BCUT2D eigenvalue weighted by molar-refractivity contribution is 0.387. The Labute approximate surface area is 147 Å². The number of para-hydroxylation sites is 1. The summed E-state index contributed by atoms with van der Waals surface area (Å²) in [7, 11) is -1.88. The second-order valence-electron chi connectivity index (χ2n) is 5.67. The van der Waals surface area contributed by atoms with E-state index >= 15 is 0 Å². The predicted molar refractivity (Wildman–Crippen MR) is 94.2 cm³/mol. The van der Waals surface area contributed by atoms with Gasteiger partial charge in [-0.3, -0.25) is 0 Å². The summed E-state index contributed by atoms with van der Waals surface area (Å²) in [6.45, 7) is 1.53. The van der Waals surface area contributed by atoms with Gasteiger partial charge in [0.05, 0.1) is 9.92 Å². The van der Waals surface area contributed by atoms with E-state index in [1.807, 2.05) is 12.1 Å². The molecule has 0 saturated carbocycles. The summed E-state index contributed by atoms with van der Waals surface area (Å²) >= 11 is 6.06. The van der Waals surface area contributed by atoms with Crippen molar-refractivity contribution in [2.75, 3.05) is 20.1 Å². The van der Waals surface area contributed by atoms with Gasteiger partial charge in [0.2, 0.25) is 10.0 Å². The quantitative estimate of drug-likeness (QED) is 0.883. The largest absolute Gasteiger partial charge is 0.456 e. The normalized spacial score (nSPS) is 18.0. The number of nitrogens with zero attached hydrogens (tertiary/aromatic N) is 1. The fraction of sp³-hybridized carbons (Fsp3) is 0.294. The lowest BCUT2D eigenvalue weighted by atomic mass is 10.3. The Morgan fingerprint density at radius 3 is 2.50 bits per heavy atom. The average molecular weight is 367 g/mol. The van der Waals surface area contributed by atoms with Gasteiger partial charge in [-0.05, 0) is 49.4 Å². The van der Waals surface area contributed by atoms with Gasteiger partial charge >= 0.3 is 0 Å². The van der Waals surface area contributed by atoms with E-state index in [1.165, 1.54) is 4.31 Å². The zero-order chi connectivity index (χ0) is 17.2. The predicted octanol–water partition coefficient (Wildman–Crippen LogP) is 3.11. The molecule has 0 radical (unpaired) electrons. The first kappa shape index (κ1) is 17.2. The number of rotatable bonds is 5. The first-order valence-electron chi connectivity index (χ1n) is 7.69. The van der Waals surface area contributed by atoms with E-state index < -0.39 is 10.0 Å². The standard InChI is InChI=1S/C17H19ClN2O3S/c1-20(13-10-11-19-12-13)24(21,22)15-8-6-14(7-9-15)23-17-5-3-2-4-16(17)18/h2-9,13,19H,10-12H2,1H3. The lowest BCUT2D eigenvalue weighted by Crippen LogP contribution is -2.38. The van der Waals surface area contributed by atoms with E-state index in [1.54, 1.807) is 43.4 Å². The topological polar surface area (TPSA) is 58.6 Å². The number of sulfonamides is 1. The Bertz CT molecular complexity index is 803. The second-order valence-corrected chi connectivity index (χ2v) is 8.08. The van der Waals surface area contributed by atoms with Gasteiger partial charge in [-0.1, -0.05) is 23.7 Å². The Morgan fingerprint density at radius 1 is 1.17 bits per heavy atom. The van der Waals surface area contributed by atoms with Gasteiger partial charge in [0.15, 0.2) is 0 Å². The SMILES string of the molecule is CN(C1CCNC1)S(=O)(=O)c1ccc(Oc2ccccc2Cl)cc1. The molecule has 128 valence electrons. The van der Waals surface area contributed by atoms with Gasteiger partial charge in [-0.15, -0.1) is 0 Å². The molecule has 1 fully saturated rings. The third kappa shape index (κ3) is 3.57. The molecule has 1 atom stereocenters. The van der Waals surface area contributed by atoms with Crippen LogP contribution < -0.4 is 10.1 Å². The summed E-state index contributed by atoms with van der Waals surface area (Å²) in [4.78, 5) is 0.253. The smallest absolute Gasteiger partial charge is 0.243 e. The highest BCUT2D eigenvalue weighted by Gasteiger charge is 2.29. The first-order valence-corrected chi connectivity index (χ1v) is 9.51. The summed E-state index contributed by atoms with van der Waals surface area (Å²) in [6, 6.07) is 13.5. The summed E-state index contributed by atoms with van der Waals surface area (Å²) in [5.74, 6) is 1.07. The van der Waals surface area contributed by atoms with Crippen LogP contribution in [-0.2, 0) is 10.0 Å². The molecule has 1 aliphatic heterocycles. The van der Waals surface area contributed by atoms with Gasteiger partial charge in [0, 0.05) is 19.6 Å². The minimum Gasteiger partial charge on any atom is -0.456 e. The van der Waals surface area contributed by atoms with Crippen LogP contribution >= 0.6 is 11.6 Å². The molecular weight excluding hydrogens is 348 g/mol. The number of ether oxygens (including phenoxy) is 1. The van der Waals surface area contributed by atoms with Crippen molar-refractivity contribution >= 4 is 21.6 Å². The Kier molecular flexibility index (Phi) is 5.10. The maximum absolute atomic E-state index is 12.7. The van der Waals surface area contributed by atoms with E-state index in [4.69, 9.17) is 16.3 Å². The molecule has 1 heterocycles. The molecule has 1 unspecified atom stereocenters. The number of halogens is 1. The summed E-state index contributed by atoms with van der Waals surface area (Å²) in [6.07, 6.45) is 0.823. The molecule has 3 rings (SSSR count). The van der Waals surface area contributed by atoms with Crippen molar-refractivity contribution < 1.29 is 13.2 Å². The Balaban J connectivity index is 1.77. The van der Waals surface area contributed by atoms with E-state index in [0.717, 1.165) is 13.0 Å². The molecule has 2 aromatic rings. The molecule has 1 aliphatic rings.